The molecular weight excluding hydrogens is 322 g/mol. The molecule has 130 valence electrons. The number of carbonyl (C=O) groups is 1. The molecule has 0 aliphatic carbocycles. The summed E-state index contributed by atoms with van der Waals surface area (Å²) in [5, 5.41) is 11.8. The maximum atomic E-state index is 13.0. The number of carbonyl (C=O) groups excluding carboxylic acids is 1. The first-order valence-corrected chi connectivity index (χ1v) is 8.19. The summed E-state index contributed by atoms with van der Waals surface area (Å²) < 4.78 is 10.7. The van der Waals surface area contributed by atoms with E-state index in [1.807, 2.05) is 24.3 Å². The number of nitrogens with one attached hydrogen (secondary N) is 1. The Morgan fingerprint density at radius 1 is 1.40 bits per heavy atom. The Morgan fingerprint density at radius 2 is 2.24 bits per heavy atom. The highest BCUT2D eigenvalue weighted by Crippen LogP contribution is 2.33. The summed E-state index contributed by atoms with van der Waals surface area (Å²) in [6.07, 6.45) is 0. The van der Waals surface area contributed by atoms with Crippen LogP contribution < -0.4 is 0 Å². The summed E-state index contributed by atoms with van der Waals surface area (Å²) in [4.78, 5) is 19.1. The lowest BCUT2D eigenvalue weighted by Crippen LogP contribution is -2.29. The van der Waals surface area contributed by atoms with Crippen molar-refractivity contribution in [1.82, 2.24) is 25.2 Å². The molecule has 1 fully saturated rings. The highest BCUT2D eigenvalue weighted by Gasteiger charge is 2.40. The van der Waals surface area contributed by atoms with Crippen molar-refractivity contribution < 1.29 is 14.1 Å². The molecular formula is C17H19N5O3. The van der Waals surface area contributed by atoms with E-state index >= 15 is 0 Å². The van der Waals surface area contributed by atoms with Crippen LogP contribution in [0, 0.1) is 12.8 Å². The molecule has 0 bridgehead atoms. The van der Waals surface area contributed by atoms with Crippen molar-refractivity contribution in [3.05, 3.63) is 41.7 Å². The molecule has 3 heterocycles. The van der Waals surface area contributed by atoms with E-state index in [0.29, 0.717) is 37.1 Å². The second kappa shape index (κ2) is 6.29. The van der Waals surface area contributed by atoms with Gasteiger partial charge in [-0.05, 0) is 13.0 Å². The zero-order valence-electron chi connectivity index (χ0n) is 14.1. The van der Waals surface area contributed by atoms with Crippen LogP contribution in [0.3, 0.4) is 0 Å². The third-order valence-corrected chi connectivity index (χ3v) is 4.64. The van der Waals surface area contributed by atoms with E-state index in [2.05, 4.69) is 20.3 Å². The molecule has 1 saturated heterocycles. The summed E-state index contributed by atoms with van der Waals surface area (Å²) in [6.45, 7) is 3.39. The fourth-order valence-corrected chi connectivity index (χ4v) is 3.44. The number of hydrogen-bond donors (Lipinski definition) is 1. The number of hydrogen-bond acceptors (Lipinski definition) is 6. The van der Waals surface area contributed by atoms with Crippen LogP contribution in [0.2, 0.25) is 0 Å². The van der Waals surface area contributed by atoms with Crippen LogP contribution in [0.15, 0.2) is 28.8 Å². The molecule has 2 aromatic heterocycles. The van der Waals surface area contributed by atoms with Crippen molar-refractivity contribution >= 4 is 16.8 Å². The van der Waals surface area contributed by atoms with Crippen LogP contribution in [0.25, 0.3) is 10.9 Å². The second-order valence-corrected chi connectivity index (χ2v) is 6.33. The second-order valence-electron chi connectivity index (χ2n) is 6.33. The third kappa shape index (κ3) is 2.78. The zero-order chi connectivity index (χ0) is 17.4. The topological polar surface area (TPSA) is 97.1 Å². The predicted octanol–water partition coefficient (Wildman–Crippen LogP) is 1.76. The van der Waals surface area contributed by atoms with E-state index < -0.39 is 0 Å². The van der Waals surface area contributed by atoms with Crippen LogP contribution in [0.1, 0.15) is 28.1 Å². The first kappa shape index (κ1) is 15.8. The molecule has 3 aromatic rings. The van der Waals surface area contributed by atoms with Crippen molar-refractivity contribution in [2.24, 2.45) is 5.92 Å². The van der Waals surface area contributed by atoms with E-state index in [-0.39, 0.29) is 17.7 Å². The summed E-state index contributed by atoms with van der Waals surface area (Å²) in [5.74, 6) is 1.13. The van der Waals surface area contributed by atoms with Crippen molar-refractivity contribution in [3.8, 4) is 0 Å². The van der Waals surface area contributed by atoms with Gasteiger partial charge in [0.25, 0.3) is 5.91 Å². The number of rotatable bonds is 4. The molecule has 0 spiro atoms. The maximum Gasteiger partial charge on any atom is 0.275 e. The summed E-state index contributed by atoms with van der Waals surface area (Å²) in [6, 6.07) is 7.61. The maximum absolute atomic E-state index is 13.0. The van der Waals surface area contributed by atoms with Crippen molar-refractivity contribution in [2.75, 3.05) is 26.8 Å². The van der Waals surface area contributed by atoms with E-state index in [1.165, 1.54) is 0 Å². The van der Waals surface area contributed by atoms with Gasteiger partial charge < -0.3 is 14.2 Å². The van der Waals surface area contributed by atoms with Crippen LogP contribution in [0.4, 0.5) is 0 Å². The number of H-pyrrole nitrogens is 1. The number of benzene rings is 1. The fraction of sp³-hybridized carbons (Fsp3) is 0.412. The minimum Gasteiger partial charge on any atom is -0.384 e. The van der Waals surface area contributed by atoms with Gasteiger partial charge in [0.1, 0.15) is 0 Å². The molecule has 0 saturated carbocycles. The molecule has 25 heavy (non-hydrogen) atoms. The molecule has 1 aromatic carbocycles. The first-order chi connectivity index (χ1) is 12.2. The Bertz CT molecular complexity index is 902. The smallest absolute Gasteiger partial charge is 0.275 e. The lowest BCUT2D eigenvalue weighted by Gasteiger charge is -2.14. The van der Waals surface area contributed by atoms with Gasteiger partial charge in [0.05, 0.1) is 18.0 Å². The van der Waals surface area contributed by atoms with Crippen molar-refractivity contribution in [3.63, 3.8) is 0 Å². The Hall–Kier alpha value is -2.74. The Balaban J connectivity index is 1.61. The number of likely N-dealkylation sites (tertiary alicyclic amines) is 1. The van der Waals surface area contributed by atoms with Crippen molar-refractivity contribution in [1.29, 1.82) is 0 Å². The normalized spacial score (nSPS) is 20.5. The molecule has 0 radical (unpaired) electrons. The lowest BCUT2D eigenvalue weighted by atomic mass is 9.97. The van der Waals surface area contributed by atoms with Gasteiger partial charge in [-0.3, -0.25) is 9.89 Å². The van der Waals surface area contributed by atoms with Crippen LogP contribution in [-0.4, -0.2) is 58.0 Å². The standard InChI is InChI=1S/C17H19N5O3/c1-10-18-16(25-21-10)13-8-22(7-11(13)9-24-2)17(23)15-12-5-3-4-6-14(12)19-20-15/h3-6,11,13H,7-9H2,1-2H3,(H,19,20)/t11-,13+/m0/s1. The quantitative estimate of drug-likeness (QED) is 0.776. The third-order valence-electron chi connectivity index (χ3n) is 4.64. The average Bonchev–Trinajstić information content (AvgIpc) is 3.32. The number of fused-ring (bicyclic) bond motifs is 1. The fourth-order valence-electron chi connectivity index (χ4n) is 3.44. The van der Waals surface area contributed by atoms with Gasteiger partial charge in [0.2, 0.25) is 5.89 Å². The van der Waals surface area contributed by atoms with Gasteiger partial charge in [0.15, 0.2) is 11.5 Å². The van der Waals surface area contributed by atoms with Gasteiger partial charge >= 0.3 is 0 Å². The number of aromatic amines is 1. The van der Waals surface area contributed by atoms with E-state index in [4.69, 9.17) is 9.26 Å². The molecule has 8 heteroatoms. The Morgan fingerprint density at radius 3 is 3.00 bits per heavy atom. The highest BCUT2D eigenvalue weighted by atomic mass is 16.5. The lowest BCUT2D eigenvalue weighted by molar-refractivity contribution is 0.0771. The Kier molecular flexibility index (Phi) is 3.96. The number of methoxy groups -OCH3 is 1. The van der Waals surface area contributed by atoms with Gasteiger partial charge in [-0.15, -0.1) is 0 Å². The van der Waals surface area contributed by atoms with Crippen LogP contribution in [0.5, 0.6) is 0 Å². The number of amides is 1. The molecule has 0 unspecified atom stereocenters. The number of aryl methyl sites for hydroxylation is 1. The number of para-hydroxylation sites is 1. The van der Waals surface area contributed by atoms with E-state index in [0.717, 1.165) is 10.9 Å². The molecule has 1 aliphatic rings. The monoisotopic (exact) mass is 341 g/mol. The molecule has 2 atom stereocenters. The predicted molar refractivity (Wildman–Crippen MR) is 89.1 cm³/mol. The number of nitrogens with zero attached hydrogens (tertiary/aromatic N) is 4. The van der Waals surface area contributed by atoms with Gasteiger partial charge in [-0.25, -0.2) is 0 Å². The molecule has 4 rings (SSSR count). The molecule has 1 N–H and O–H groups in total. The van der Waals surface area contributed by atoms with E-state index in [9.17, 15) is 4.79 Å². The average molecular weight is 341 g/mol. The molecule has 8 nitrogen and oxygen atoms in total. The van der Waals surface area contributed by atoms with E-state index in [1.54, 1.807) is 18.9 Å². The van der Waals surface area contributed by atoms with Gasteiger partial charge in [0, 0.05) is 31.5 Å². The molecule has 1 aliphatic heterocycles. The minimum atomic E-state index is -0.0997. The molecule has 1 amide bonds. The van der Waals surface area contributed by atoms with Crippen LogP contribution >= 0.6 is 0 Å². The minimum absolute atomic E-state index is 0.0321. The largest absolute Gasteiger partial charge is 0.384 e. The van der Waals surface area contributed by atoms with Gasteiger partial charge in [-0.1, -0.05) is 23.4 Å². The Labute approximate surface area is 144 Å². The summed E-state index contributed by atoms with van der Waals surface area (Å²) in [5.41, 5.74) is 1.29. The highest BCUT2D eigenvalue weighted by molar-refractivity contribution is 6.04. The van der Waals surface area contributed by atoms with Crippen molar-refractivity contribution in [2.45, 2.75) is 12.8 Å². The summed E-state index contributed by atoms with van der Waals surface area (Å²) in [7, 11) is 1.65. The SMILES string of the molecule is COC[C@@H]1CN(C(=O)c2n[nH]c3ccccc23)C[C@H]1c1nc(C)no1. The number of aromatic nitrogens is 4. The summed E-state index contributed by atoms with van der Waals surface area (Å²) >= 11 is 0. The van der Waals surface area contributed by atoms with Crippen LogP contribution in [-0.2, 0) is 4.74 Å². The first-order valence-electron chi connectivity index (χ1n) is 8.19. The van der Waals surface area contributed by atoms with Gasteiger partial charge in [-0.2, -0.15) is 10.1 Å². The zero-order valence-corrected chi connectivity index (χ0v) is 14.1. The number of ether oxygens (including phenoxy) is 1.